The summed E-state index contributed by atoms with van der Waals surface area (Å²) < 4.78 is 63.1. The van der Waals surface area contributed by atoms with E-state index in [1.54, 1.807) is 25.1 Å². The molecule has 2 rings (SSSR count). The molecular weight excluding hydrogens is 466 g/mol. The molecule has 0 aromatic heterocycles. The van der Waals surface area contributed by atoms with Gasteiger partial charge in [0.15, 0.2) is 0 Å². The van der Waals surface area contributed by atoms with Crippen LogP contribution >= 0.6 is 11.6 Å². The zero-order valence-electron chi connectivity index (χ0n) is 18.3. The highest BCUT2D eigenvalue weighted by Crippen LogP contribution is 2.29. The minimum Gasteiger partial charge on any atom is -0.503 e. The molecule has 0 saturated heterocycles. The number of carbonyl (C=O) groups is 1. The fourth-order valence-electron chi connectivity index (χ4n) is 3.22. The highest BCUT2D eigenvalue weighted by Gasteiger charge is 2.30. The Morgan fingerprint density at radius 2 is 1.91 bits per heavy atom. The van der Waals surface area contributed by atoms with Crippen LogP contribution in [0.2, 0.25) is 5.02 Å². The molecule has 0 saturated carbocycles. The normalized spacial score (nSPS) is 12.5. The number of hydrogen-bond donors (Lipinski definition) is 0. The van der Waals surface area contributed by atoms with Gasteiger partial charge in [-0.2, -0.15) is 13.2 Å². The van der Waals surface area contributed by atoms with Crippen LogP contribution in [0.1, 0.15) is 34.7 Å². The summed E-state index contributed by atoms with van der Waals surface area (Å²) in [7, 11) is 2.60. The minimum atomic E-state index is -4.57. The van der Waals surface area contributed by atoms with Crippen molar-refractivity contribution in [2.24, 2.45) is 5.16 Å². The van der Waals surface area contributed by atoms with E-state index in [4.69, 9.17) is 25.9 Å². The van der Waals surface area contributed by atoms with E-state index < -0.39 is 24.4 Å². The van der Waals surface area contributed by atoms with Crippen molar-refractivity contribution in [1.82, 2.24) is 0 Å². The summed E-state index contributed by atoms with van der Waals surface area (Å²) in [5.41, 5.74) is 1.13. The number of alkyl halides is 3. The average molecular weight is 488 g/mol. The van der Waals surface area contributed by atoms with E-state index in [0.717, 1.165) is 17.7 Å². The van der Waals surface area contributed by atoms with Crippen LogP contribution in [0.4, 0.5) is 17.6 Å². The highest BCUT2D eigenvalue weighted by atomic mass is 35.5. The van der Waals surface area contributed by atoms with Crippen molar-refractivity contribution in [1.29, 1.82) is 0 Å². The number of nitrogens with zero attached hydrogens (tertiary/aromatic N) is 1. The Labute approximate surface area is 193 Å². The fraction of sp³-hybridized carbons (Fsp3) is 0.304. The zero-order chi connectivity index (χ0) is 24.8. The highest BCUT2D eigenvalue weighted by molar-refractivity contribution is 6.30. The Balaban J connectivity index is 2.39. The van der Waals surface area contributed by atoms with E-state index in [1.807, 2.05) is 0 Å². The van der Waals surface area contributed by atoms with Crippen LogP contribution in [0.5, 0.6) is 0 Å². The first-order chi connectivity index (χ1) is 15.5. The number of oxime groups is 1. The maximum absolute atomic E-state index is 14.5. The predicted molar refractivity (Wildman–Crippen MR) is 116 cm³/mol. The largest absolute Gasteiger partial charge is 0.503 e. The monoisotopic (exact) mass is 487 g/mol. The quantitative estimate of drug-likeness (QED) is 0.114. The van der Waals surface area contributed by atoms with Crippen LogP contribution in [0.3, 0.4) is 0 Å². The summed E-state index contributed by atoms with van der Waals surface area (Å²) in [6.07, 6.45) is -4.72. The predicted octanol–water partition coefficient (Wildman–Crippen LogP) is 5.99. The molecule has 0 atom stereocenters. The molecule has 0 fully saturated rings. The molecule has 0 aliphatic carbocycles. The number of carbonyl (C=O) groups excluding carboxylic acids is 1. The van der Waals surface area contributed by atoms with E-state index in [9.17, 15) is 22.4 Å². The van der Waals surface area contributed by atoms with Gasteiger partial charge in [0.05, 0.1) is 32.6 Å². The van der Waals surface area contributed by atoms with Crippen molar-refractivity contribution in [3.63, 3.8) is 0 Å². The molecule has 2 aromatic rings. The van der Waals surface area contributed by atoms with Crippen molar-refractivity contribution in [2.45, 2.75) is 33.1 Å². The molecule has 0 amide bonds. The van der Waals surface area contributed by atoms with Crippen molar-refractivity contribution in [3.05, 3.63) is 75.3 Å². The van der Waals surface area contributed by atoms with Crippen LogP contribution in [0.15, 0.2) is 41.7 Å². The van der Waals surface area contributed by atoms with Crippen LogP contribution in [0, 0.1) is 12.7 Å². The van der Waals surface area contributed by atoms with E-state index >= 15 is 0 Å². The maximum atomic E-state index is 14.5. The third-order valence-electron chi connectivity index (χ3n) is 4.64. The van der Waals surface area contributed by atoms with E-state index in [-0.39, 0.29) is 34.0 Å². The lowest BCUT2D eigenvalue weighted by Crippen LogP contribution is -2.16. The van der Waals surface area contributed by atoms with Gasteiger partial charge in [-0.3, -0.25) is 0 Å². The first-order valence-corrected chi connectivity index (χ1v) is 9.98. The number of ether oxygens (including phenoxy) is 2. The van der Waals surface area contributed by atoms with Crippen LogP contribution in [-0.2, 0) is 32.1 Å². The van der Waals surface area contributed by atoms with Crippen molar-refractivity contribution < 1.29 is 36.7 Å². The second kappa shape index (κ2) is 11.2. The second-order valence-corrected chi connectivity index (χ2v) is 7.46. The lowest BCUT2D eigenvalue weighted by Gasteiger charge is -2.15. The van der Waals surface area contributed by atoms with Gasteiger partial charge in [-0.1, -0.05) is 35.0 Å². The van der Waals surface area contributed by atoms with Gasteiger partial charge in [0, 0.05) is 16.1 Å². The number of methoxy groups -OCH3 is 2. The minimum absolute atomic E-state index is 0.0980. The van der Waals surface area contributed by atoms with Gasteiger partial charge >= 0.3 is 12.1 Å². The van der Waals surface area contributed by atoms with Crippen LogP contribution in [0.25, 0.3) is 5.57 Å². The molecule has 178 valence electrons. The molecule has 33 heavy (non-hydrogen) atoms. The third kappa shape index (κ3) is 6.95. The van der Waals surface area contributed by atoms with Gasteiger partial charge in [-0.25, -0.2) is 9.18 Å². The van der Waals surface area contributed by atoms with E-state index in [0.29, 0.717) is 11.1 Å². The van der Waals surface area contributed by atoms with Gasteiger partial charge in [-0.05, 0) is 42.7 Å². The molecular formula is C23H22ClF4NO4. The van der Waals surface area contributed by atoms with Gasteiger partial charge in [0.25, 0.3) is 0 Å². The lowest BCUT2D eigenvalue weighted by molar-refractivity contribution is -0.133. The Bertz CT molecular complexity index is 1080. The van der Waals surface area contributed by atoms with Crippen molar-refractivity contribution in [2.75, 3.05) is 14.2 Å². The summed E-state index contributed by atoms with van der Waals surface area (Å²) in [4.78, 5) is 17.5. The molecule has 2 aromatic carbocycles. The third-order valence-corrected chi connectivity index (χ3v) is 4.86. The van der Waals surface area contributed by atoms with E-state index in [2.05, 4.69) is 5.16 Å². The molecule has 0 N–H and O–H groups in total. The summed E-state index contributed by atoms with van der Waals surface area (Å²) >= 11 is 5.74. The second-order valence-electron chi connectivity index (χ2n) is 7.02. The van der Waals surface area contributed by atoms with Gasteiger partial charge < -0.3 is 14.3 Å². The smallest absolute Gasteiger partial charge is 0.393 e. The Kier molecular flexibility index (Phi) is 8.87. The first-order valence-electron chi connectivity index (χ1n) is 9.60. The number of esters is 1. The van der Waals surface area contributed by atoms with Crippen molar-refractivity contribution >= 4 is 28.9 Å². The molecule has 0 bridgehead atoms. The summed E-state index contributed by atoms with van der Waals surface area (Å²) in [5.74, 6) is -1.58. The number of halogens is 5. The molecule has 0 unspecified atom stereocenters. The number of aryl methyl sites for hydroxylation is 1. The number of rotatable bonds is 8. The molecule has 0 radical (unpaired) electrons. The Morgan fingerprint density at radius 1 is 1.21 bits per heavy atom. The van der Waals surface area contributed by atoms with Crippen molar-refractivity contribution in [3.8, 4) is 0 Å². The Hall–Kier alpha value is -3.07. The molecule has 0 aliphatic heterocycles. The molecule has 0 heterocycles. The van der Waals surface area contributed by atoms with E-state index in [1.165, 1.54) is 27.4 Å². The lowest BCUT2D eigenvalue weighted by atomic mass is 9.97. The van der Waals surface area contributed by atoms with Gasteiger partial charge in [0.2, 0.25) is 0 Å². The average Bonchev–Trinajstić information content (AvgIpc) is 2.71. The summed E-state index contributed by atoms with van der Waals surface area (Å²) in [6.45, 7) is 2.96. The van der Waals surface area contributed by atoms with Crippen LogP contribution in [-0.4, -0.2) is 32.1 Å². The molecule has 10 heteroatoms. The van der Waals surface area contributed by atoms with Gasteiger partial charge in [-0.15, -0.1) is 0 Å². The standard InChI is InChI=1S/C23H22ClF4NO4/c1-13-6-5-7-17(19(11-31-3)22(30)32-4)18(13)12-33-29-14(2)21-15(10-23(26,27)28)8-16(24)9-20(21)25/h5-9,11H,10,12H2,1-4H3/b19-11+,29-14+. The van der Waals surface area contributed by atoms with Crippen LogP contribution < -0.4 is 0 Å². The first kappa shape index (κ1) is 26.2. The molecule has 0 spiro atoms. The topological polar surface area (TPSA) is 57.1 Å². The Morgan fingerprint density at radius 3 is 2.52 bits per heavy atom. The zero-order valence-corrected chi connectivity index (χ0v) is 19.1. The summed E-state index contributed by atoms with van der Waals surface area (Å²) in [5, 5.41) is 3.66. The molecule has 0 aliphatic rings. The SMILES string of the molecule is CO/C=C(/C(=O)OC)c1cccc(C)c1CO/N=C(\C)c1c(F)cc(Cl)cc1CC(F)(F)F. The van der Waals surface area contributed by atoms with Gasteiger partial charge in [0.1, 0.15) is 18.0 Å². The number of hydrogen-bond acceptors (Lipinski definition) is 5. The number of benzene rings is 2. The summed E-state index contributed by atoms with van der Waals surface area (Å²) in [6, 6.07) is 7.12. The maximum Gasteiger partial charge on any atom is 0.393 e. The fourth-order valence-corrected chi connectivity index (χ4v) is 3.45. The molecule has 5 nitrogen and oxygen atoms in total.